The molecule has 4 heteroatoms. The number of nitrogens with one attached hydrogen (secondary N) is 1. The van der Waals surface area contributed by atoms with Gasteiger partial charge in [-0.25, -0.2) is 0 Å². The molecule has 1 fully saturated rings. The molecule has 1 saturated heterocycles. The molecule has 88 valence electrons. The van der Waals surface area contributed by atoms with Gasteiger partial charge < -0.3 is 5.32 Å². The van der Waals surface area contributed by atoms with Gasteiger partial charge >= 0.3 is 0 Å². The Morgan fingerprint density at radius 1 is 1.18 bits per heavy atom. The summed E-state index contributed by atoms with van der Waals surface area (Å²) in [5, 5.41) is 11.8. The predicted octanol–water partition coefficient (Wildman–Crippen LogP) is 2.08. The van der Waals surface area contributed by atoms with Crippen molar-refractivity contribution in [2.75, 3.05) is 6.54 Å². The van der Waals surface area contributed by atoms with Crippen LogP contribution in [0.4, 0.5) is 0 Å². The average Bonchev–Trinajstić information content (AvgIpc) is 2.90. The molecule has 2 heterocycles. The van der Waals surface area contributed by atoms with Crippen LogP contribution in [0.1, 0.15) is 31.1 Å². The number of hydrogen-bond donors (Lipinski definition) is 1. The minimum absolute atomic E-state index is 0.339. The van der Waals surface area contributed by atoms with Gasteiger partial charge in [-0.3, -0.25) is 4.57 Å². The number of rotatable bonds is 2. The van der Waals surface area contributed by atoms with Gasteiger partial charge in [0, 0.05) is 5.69 Å². The van der Waals surface area contributed by atoms with Gasteiger partial charge in [0.2, 0.25) is 0 Å². The SMILES string of the molecule is c1ccc(-n2cnnc2C2CCCCN2)cc1. The molecule has 1 unspecified atom stereocenters. The molecular formula is C13H16N4. The first-order valence-corrected chi connectivity index (χ1v) is 6.14. The second-order valence-corrected chi connectivity index (χ2v) is 4.40. The molecule has 1 aromatic carbocycles. The number of hydrogen-bond acceptors (Lipinski definition) is 3. The Morgan fingerprint density at radius 2 is 2.06 bits per heavy atom. The zero-order valence-electron chi connectivity index (χ0n) is 9.71. The Bertz CT molecular complexity index is 471. The first kappa shape index (κ1) is 10.5. The highest BCUT2D eigenvalue weighted by Crippen LogP contribution is 2.22. The highest BCUT2D eigenvalue weighted by atomic mass is 15.3. The fourth-order valence-electron chi connectivity index (χ4n) is 2.34. The van der Waals surface area contributed by atoms with Crippen molar-refractivity contribution in [1.29, 1.82) is 0 Å². The van der Waals surface area contributed by atoms with Crippen LogP contribution < -0.4 is 5.32 Å². The van der Waals surface area contributed by atoms with Crippen molar-refractivity contribution < 1.29 is 0 Å². The second-order valence-electron chi connectivity index (χ2n) is 4.40. The molecule has 0 spiro atoms. The van der Waals surface area contributed by atoms with E-state index in [9.17, 15) is 0 Å². The van der Waals surface area contributed by atoms with Crippen molar-refractivity contribution in [3.05, 3.63) is 42.5 Å². The third-order valence-corrected chi connectivity index (χ3v) is 3.23. The lowest BCUT2D eigenvalue weighted by atomic mass is 10.0. The average molecular weight is 228 g/mol. The van der Waals surface area contributed by atoms with Crippen LogP contribution in [0.25, 0.3) is 5.69 Å². The maximum atomic E-state index is 4.27. The largest absolute Gasteiger partial charge is 0.307 e. The van der Waals surface area contributed by atoms with Gasteiger partial charge in [0.15, 0.2) is 5.82 Å². The van der Waals surface area contributed by atoms with Crippen molar-refractivity contribution in [2.24, 2.45) is 0 Å². The molecule has 1 aromatic heterocycles. The van der Waals surface area contributed by atoms with Crippen molar-refractivity contribution in [3.63, 3.8) is 0 Å². The number of aromatic nitrogens is 3. The smallest absolute Gasteiger partial charge is 0.154 e. The summed E-state index contributed by atoms with van der Waals surface area (Å²) < 4.78 is 2.07. The molecule has 0 radical (unpaired) electrons. The van der Waals surface area contributed by atoms with Gasteiger partial charge in [-0.1, -0.05) is 24.6 Å². The second kappa shape index (κ2) is 4.67. The summed E-state index contributed by atoms with van der Waals surface area (Å²) in [6.45, 7) is 1.08. The highest BCUT2D eigenvalue weighted by Gasteiger charge is 2.20. The Morgan fingerprint density at radius 3 is 2.82 bits per heavy atom. The molecule has 17 heavy (non-hydrogen) atoms. The van der Waals surface area contributed by atoms with Gasteiger partial charge in [-0.05, 0) is 31.5 Å². The van der Waals surface area contributed by atoms with Crippen LogP contribution in [0.15, 0.2) is 36.7 Å². The summed E-state index contributed by atoms with van der Waals surface area (Å²) >= 11 is 0. The van der Waals surface area contributed by atoms with E-state index in [4.69, 9.17) is 0 Å². The maximum absolute atomic E-state index is 4.27. The van der Waals surface area contributed by atoms with Crippen molar-refractivity contribution in [2.45, 2.75) is 25.3 Å². The molecule has 1 N–H and O–H groups in total. The molecule has 2 aromatic rings. The molecule has 0 amide bonds. The van der Waals surface area contributed by atoms with Crippen LogP contribution in [0, 0.1) is 0 Å². The van der Waals surface area contributed by atoms with E-state index in [-0.39, 0.29) is 0 Å². The zero-order valence-corrected chi connectivity index (χ0v) is 9.71. The summed E-state index contributed by atoms with van der Waals surface area (Å²) in [5.74, 6) is 1.02. The first-order valence-electron chi connectivity index (χ1n) is 6.14. The van der Waals surface area contributed by atoms with E-state index in [0.717, 1.165) is 24.5 Å². The van der Waals surface area contributed by atoms with Crippen molar-refractivity contribution >= 4 is 0 Å². The van der Waals surface area contributed by atoms with Crippen LogP contribution in [-0.2, 0) is 0 Å². The fourth-order valence-corrected chi connectivity index (χ4v) is 2.34. The molecule has 1 atom stereocenters. The number of piperidine rings is 1. The van der Waals surface area contributed by atoms with E-state index < -0.39 is 0 Å². The maximum Gasteiger partial charge on any atom is 0.154 e. The van der Waals surface area contributed by atoms with E-state index in [1.54, 1.807) is 6.33 Å². The van der Waals surface area contributed by atoms with E-state index in [2.05, 4.69) is 32.2 Å². The van der Waals surface area contributed by atoms with E-state index in [1.807, 2.05) is 18.2 Å². The Balaban J connectivity index is 1.93. The minimum Gasteiger partial charge on any atom is -0.307 e. The van der Waals surface area contributed by atoms with Gasteiger partial charge in [0.1, 0.15) is 6.33 Å². The number of para-hydroxylation sites is 1. The van der Waals surface area contributed by atoms with Crippen LogP contribution in [0.3, 0.4) is 0 Å². The van der Waals surface area contributed by atoms with E-state index >= 15 is 0 Å². The van der Waals surface area contributed by atoms with Gasteiger partial charge in [-0.2, -0.15) is 0 Å². The van der Waals surface area contributed by atoms with Crippen LogP contribution >= 0.6 is 0 Å². The van der Waals surface area contributed by atoms with Crippen LogP contribution in [-0.4, -0.2) is 21.3 Å². The van der Waals surface area contributed by atoms with Gasteiger partial charge in [0.25, 0.3) is 0 Å². The van der Waals surface area contributed by atoms with E-state index in [1.165, 1.54) is 12.8 Å². The topological polar surface area (TPSA) is 42.7 Å². The normalized spacial score (nSPS) is 20.4. The molecule has 1 aliphatic rings. The van der Waals surface area contributed by atoms with Gasteiger partial charge in [-0.15, -0.1) is 10.2 Å². The quantitative estimate of drug-likeness (QED) is 0.855. The standard InChI is InChI=1S/C13H16N4/c1-2-6-11(7-3-1)17-10-15-16-13(17)12-8-4-5-9-14-12/h1-3,6-7,10,12,14H,4-5,8-9H2. The van der Waals surface area contributed by atoms with Crippen molar-refractivity contribution in [3.8, 4) is 5.69 Å². The lowest BCUT2D eigenvalue weighted by Gasteiger charge is -2.23. The molecule has 3 rings (SSSR count). The summed E-state index contributed by atoms with van der Waals surface area (Å²) in [7, 11) is 0. The molecule has 0 aliphatic carbocycles. The third-order valence-electron chi connectivity index (χ3n) is 3.23. The minimum atomic E-state index is 0.339. The Kier molecular flexibility index (Phi) is 2.88. The lowest BCUT2D eigenvalue weighted by molar-refractivity contribution is 0.393. The zero-order chi connectivity index (χ0) is 11.5. The highest BCUT2D eigenvalue weighted by molar-refractivity contribution is 5.32. The van der Waals surface area contributed by atoms with Crippen LogP contribution in [0.5, 0.6) is 0 Å². The predicted molar refractivity (Wildman–Crippen MR) is 66.0 cm³/mol. The third kappa shape index (κ3) is 2.08. The molecule has 0 saturated carbocycles. The Hall–Kier alpha value is -1.68. The molecule has 1 aliphatic heterocycles. The summed E-state index contributed by atoms with van der Waals surface area (Å²) in [5.41, 5.74) is 1.12. The Labute approximate surface area is 101 Å². The lowest BCUT2D eigenvalue weighted by Crippen LogP contribution is -2.29. The first-order chi connectivity index (χ1) is 8.45. The molecule has 4 nitrogen and oxygen atoms in total. The fraction of sp³-hybridized carbons (Fsp3) is 0.385. The summed E-state index contributed by atoms with van der Waals surface area (Å²) in [6.07, 6.45) is 5.46. The summed E-state index contributed by atoms with van der Waals surface area (Å²) in [4.78, 5) is 0. The number of benzene rings is 1. The summed E-state index contributed by atoms with van der Waals surface area (Å²) in [6, 6.07) is 10.6. The van der Waals surface area contributed by atoms with E-state index in [0.29, 0.717) is 6.04 Å². The van der Waals surface area contributed by atoms with Crippen LogP contribution in [0.2, 0.25) is 0 Å². The molecule has 0 bridgehead atoms. The number of nitrogens with zero attached hydrogens (tertiary/aromatic N) is 3. The van der Waals surface area contributed by atoms with Crippen molar-refractivity contribution in [1.82, 2.24) is 20.1 Å². The monoisotopic (exact) mass is 228 g/mol. The van der Waals surface area contributed by atoms with Gasteiger partial charge in [0.05, 0.1) is 6.04 Å². The molecular weight excluding hydrogens is 212 g/mol.